The van der Waals surface area contributed by atoms with Crippen LogP contribution in [-0.2, 0) is 10.5 Å². The monoisotopic (exact) mass is 291 g/mol. The van der Waals surface area contributed by atoms with E-state index >= 15 is 0 Å². The van der Waals surface area contributed by atoms with Gasteiger partial charge in [-0.3, -0.25) is 4.79 Å². The fourth-order valence-electron chi connectivity index (χ4n) is 1.76. The number of rotatable bonds is 5. The molecule has 106 valence electrons. The Morgan fingerprint density at radius 2 is 2.15 bits per heavy atom. The van der Waals surface area contributed by atoms with Gasteiger partial charge in [0.15, 0.2) is 5.82 Å². The third kappa shape index (κ3) is 3.39. The Bertz CT molecular complexity index is 570. The topological polar surface area (TPSA) is 59.2 Å². The molecule has 6 heteroatoms. The van der Waals surface area contributed by atoms with Gasteiger partial charge in [-0.05, 0) is 12.1 Å². The zero-order valence-electron chi connectivity index (χ0n) is 11.7. The number of carbonyl (C=O) groups is 1. The molecule has 0 aliphatic carbocycles. The number of hydrogen-bond acceptors (Lipinski definition) is 5. The summed E-state index contributed by atoms with van der Waals surface area (Å²) < 4.78 is 4.71. The molecule has 1 aromatic heterocycles. The van der Waals surface area contributed by atoms with Crippen LogP contribution in [0.3, 0.4) is 0 Å². The van der Waals surface area contributed by atoms with Crippen LogP contribution in [0, 0.1) is 5.92 Å². The first-order valence-electron chi connectivity index (χ1n) is 6.34. The predicted molar refractivity (Wildman–Crippen MR) is 78.5 cm³/mol. The first kappa shape index (κ1) is 14.6. The fourth-order valence-corrected chi connectivity index (χ4v) is 2.70. The van der Waals surface area contributed by atoms with Gasteiger partial charge in [-0.25, -0.2) is 0 Å². The highest BCUT2D eigenvalue weighted by molar-refractivity contribution is 7.98. The van der Waals surface area contributed by atoms with Crippen LogP contribution < -0.4 is 4.90 Å². The normalized spacial score (nSPS) is 10.8. The zero-order valence-corrected chi connectivity index (χ0v) is 12.6. The molecule has 0 aliphatic rings. The summed E-state index contributed by atoms with van der Waals surface area (Å²) in [5, 5.41) is 3.78. The van der Waals surface area contributed by atoms with E-state index in [4.69, 9.17) is 4.52 Å². The lowest BCUT2D eigenvalue weighted by atomic mass is 10.2. The summed E-state index contributed by atoms with van der Waals surface area (Å²) in [7, 11) is 1.80. The first-order valence-corrected chi connectivity index (χ1v) is 7.32. The lowest BCUT2D eigenvalue weighted by Crippen LogP contribution is -2.30. The van der Waals surface area contributed by atoms with Crippen molar-refractivity contribution in [1.29, 1.82) is 0 Å². The molecule has 0 saturated carbocycles. The molecule has 0 radical (unpaired) electrons. The number of para-hydroxylation sites is 1. The van der Waals surface area contributed by atoms with Crippen molar-refractivity contribution in [1.82, 2.24) is 10.1 Å². The van der Waals surface area contributed by atoms with Crippen LogP contribution in [-0.4, -0.2) is 23.1 Å². The summed E-state index contributed by atoms with van der Waals surface area (Å²) in [5.41, 5.74) is 0.902. The summed E-state index contributed by atoms with van der Waals surface area (Å²) in [6.07, 6.45) is 1.32. The second-order valence-electron chi connectivity index (χ2n) is 4.66. The maximum atomic E-state index is 12.1. The minimum Gasteiger partial charge on any atom is -0.343 e. The lowest BCUT2D eigenvalue weighted by Gasteiger charge is -2.22. The van der Waals surface area contributed by atoms with Crippen LogP contribution in [0.2, 0.25) is 0 Å². The van der Waals surface area contributed by atoms with Gasteiger partial charge in [0, 0.05) is 17.9 Å². The van der Waals surface area contributed by atoms with E-state index in [0.29, 0.717) is 11.6 Å². The summed E-state index contributed by atoms with van der Waals surface area (Å²) in [6.45, 7) is 3.79. The number of thioether (sulfide) groups is 1. The maximum absolute atomic E-state index is 12.1. The number of aromatic nitrogens is 2. The van der Waals surface area contributed by atoms with Crippen LogP contribution >= 0.6 is 11.8 Å². The van der Waals surface area contributed by atoms with E-state index in [2.05, 4.69) is 10.1 Å². The van der Waals surface area contributed by atoms with E-state index in [0.717, 1.165) is 10.6 Å². The van der Waals surface area contributed by atoms with Gasteiger partial charge in [-0.2, -0.15) is 4.98 Å². The molecule has 0 bridgehead atoms. The Morgan fingerprint density at radius 3 is 2.80 bits per heavy atom. The van der Waals surface area contributed by atoms with E-state index in [-0.39, 0.29) is 11.8 Å². The quantitative estimate of drug-likeness (QED) is 0.793. The molecule has 1 heterocycles. The second-order valence-corrected chi connectivity index (χ2v) is 5.67. The molecule has 0 aliphatic heterocycles. The Hall–Kier alpha value is -1.82. The molecule has 5 nitrogen and oxygen atoms in total. The van der Waals surface area contributed by atoms with E-state index < -0.39 is 0 Å². The Balaban J connectivity index is 2.15. The zero-order chi connectivity index (χ0) is 14.5. The number of amides is 1. The van der Waals surface area contributed by atoms with Crippen molar-refractivity contribution >= 4 is 23.4 Å². The van der Waals surface area contributed by atoms with Gasteiger partial charge in [-0.1, -0.05) is 31.1 Å². The third-order valence-electron chi connectivity index (χ3n) is 2.81. The highest BCUT2D eigenvalue weighted by Gasteiger charge is 2.17. The molecule has 0 unspecified atom stereocenters. The van der Waals surface area contributed by atoms with Crippen LogP contribution in [0.4, 0.5) is 5.69 Å². The molecular weight excluding hydrogens is 274 g/mol. The van der Waals surface area contributed by atoms with Gasteiger partial charge >= 0.3 is 0 Å². The van der Waals surface area contributed by atoms with Crippen molar-refractivity contribution in [2.45, 2.75) is 24.5 Å². The standard InChI is InChI=1S/C14H17N3O2S/c1-10(2)14(18)17(3)11-6-4-5-7-12(11)20-8-13-15-9-19-16-13/h4-7,9-10H,8H2,1-3H3. The average Bonchev–Trinajstić information content (AvgIpc) is 2.97. The van der Waals surface area contributed by atoms with Gasteiger partial charge in [0.2, 0.25) is 12.3 Å². The summed E-state index contributed by atoms with van der Waals surface area (Å²) in [5.74, 6) is 1.31. The smallest absolute Gasteiger partial charge is 0.229 e. The van der Waals surface area contributed by atoms with Crippen molar-refractivity contribution in [2.75, 3.05) is 11.9 Å². The molecular formula is C14H17N3O2S. The molecule has 0 fully saturated rings. The van der Waals surface area contributed by atoms with E-state index in [1.165, 1.54) is 6.39 Å². The van der Waals surface area contributed by atoms with Gasteiger partial charge < -0.3 is 9.42 Å². The van der Waals surface area contributed by atoms with Crippen LogP contribution in [0.1, 0.15) is 19.7 Å². The highest BCUT2D eigenvalue weighted by atomic mass is 32.2. The largest absolute Gasteiger partial charge is 0.343 e. The second kappa shape index (κ2) is 6.56. The molecule has 2 rings (SSSR count). The molecule has 1 amide bonds. The molecule has 2 aromatic rings. The number of benzene rings is 1. The molecule has 0 atom stereocenters. The molecule has 1 aromatic carbocycles. The van der Waals surface area contributed by atoms with Gasteiger partial charge in [-0.15, -0.1) is 11.8 Å². The fraction of sp³-hybridized carbons (Fsp3) is 0.357. The predicted octanol–water partition coefficient (Wildman–Crippen LogP) is 2.98. The molecule has 0 N–H and O–H groups in total. The van der Waals surface area contributed by atoms with E-state index in [9.17, 15) is 4.79 Å². The van der Waals surface area contributed by atoms with Crippen LogP contribution in [0.25, 0.3) is 0 Å². The number of carbonyl (C=O) groups excluding carboxylic acids is 1. The van der Waals surface area contributed by atoms with Crippen molar-refractivity contribution in [3.05, 3.63) is 36.5 Å². The summed E-state index contributed by atoms with van der Waals surface area (Å²) in [4.78, 5) is 18.8. The minimum atomic E-state index is -0.0322. The third-order valence-corrected chi connectivity index (χ3v) is 3.87. The van der Waals surface area contributed by atoms with Gasteiger partial charge in [0.25, 0.3) is 0 Å². The van der Waals surface area contributed by atoms with Crippen LogP contribution in [0.15, 0.2) is 40.1 Å². The van der Waals surface area contributed by atoms with Crippen molar-refractivity contribution in [3.8, 4) is 0 Å². The van der Waals surface area contributed by atoms with Gasteiger partial charge in [0.05, 0.1) is 11.4 Å². The van der Waals surface area contributed by atoms with Gasteiger partial charge in [0.1, 0.15) is 0 Å². The molecule has 20 heavy (non-hydrogen) atoms. The summed E-state index contributed by atoms with van der Waals surface area (Å²) in [6, 6.07) is 7.82. The lowest BCUT2D eigenvalue weighted by molar-refractivity contribution is -0.121. The number of anilines is 1. The Kier molecular flexibility index (Phi) is 4.79. The Morgan fingerprint density at radius 1 is 1.40 bits per heavy atom. The first-order chi connectivity index (χ1) is 9.59. The Labute approximate surface area is 122 Å². The van der Waals surface area contributed by atoms with E-state index in [1.807, 2.05) is 38.1 Å². The van der Waals surface area contributed by atoms with Crippen molar-refractivity contribution in [3.63, 3.8) is 0 Å². The van der Waals surface area contributed by atoms with Crippen molar-refractivity contribution < 1.29 is 9.32 Å². The van der Waals surface area contributed by atoms with Crippen molar-refractivity contribution in [2.24, 2.45) is 5.92 Å². The average molecular weight is 291 g/mol. The van der Waals surface area contributed by atoms with E-state index in [1.54, 1.807) is 23.7 Å². The SMILES string of the molecule is CC(C)C(=O)N(C)c1ccccc1SCc1ncon1. The number of hydrogen-bond donors (Lipinski definition) is 0. The van der Waals surface area contributed by atoms with Crippen LogP contribution in [0.5, 0.6) is 0 Å². The number of nitrogens with zero attached hydrogens (tertiary/aromatic N) is 3. The highest BCUT2D eigenvalue weighted by Crippen LogP contribution is 2.31. The minimum absolute atomic E-state index is 0.0322. The summed E-state index contributed by atoms with van der Waals surface area (Å²) >= 11 is 1.58. The molecule has 0 spiro atoms. The maximum Gasteiger partial charge on any atom is 0.229 e. The molecule has 0 saturated heterocycles.